The van der Waals surface area contributed by atoms with Gasteiger partial charge in [0.1, 0.15) is 5.52 Å². The third-order valence-corrected chi connectivity index (χ3v) is 4.37. The monoisotopic (exact) mass is 362 g/mol. The highest BCUT2D eigenvalue weighted by Crippen LogP contribution is 2.25. The summed E-state index contributed by atoms with van der Waals surface area (Å²) in [7, 11) is 0. The number of carbonyl (C=O) groups excluding carboxylic acids is 1. The number of hydrogen-bond donors (Lipinski definition) is 1. The van der Waals surface area contributed by atoms with Crippen molar-refractivity contribution in [2.45, 2.75) is 6.92 Å². The van der Waals surface area contributed by atoms with Crippen LogP contribution in [-0.4, -0.2) is 10.9 Å². The number of amides is 1. The van der Waals surface area contributed by atoms with E-state index in [1.165, 1.54) is 0 Å². The lowest BCUT2D eigenvalue weighted by molar-refractivity contribution is 0.102. The average Bonchev–Trinajstić information content (AvgIpc) is 3.06. The van der Waals surface area contributed by atoms with Crippen LogP contribution in [0.15, 0.2) is 71.1 Å². The highest BCUT2D eigenvalue weighted by Gasteiger charge is 2.12. The summed E-state index contributed by atoms with van der Waals surface area (Å²) < 4.78 is 5.76. The quantitative estimate of drug-likeness (QED) is 0.508. The highest BCUT2D eigenvalue weighted by atomic mass is 35.5. The Kier molecular flexibility index (Phi) is 4.19. The van der Waals surface area contributed by atoms with Crippen molar-refractivity contribution in [1.29, 1.82) is 0 Å². The Morgan fingerprint density at radius 2 is 1.81 bits per heavy atom. The van der Waals surface area contributed by atoms with Crippen molar-refractivity contribution in [3.63, 3.8) is 0 Å². The van der Waals surface area contributed by atoms with Crippen molar-refractivity contribution in [3.8, 4) is 11.5 Å². The van der Waals surface area contributed by atoms with Gasteiger partial charge in [-0.05, 0) is 61.0 Å². The summed E-state index contributed by atoms with van der Waals surface area (Å²) >= 11 is 6.15. The Hall–Kier alpha value is -3.11. The Bertz CT molecular complexity index is 1070. The minimum absolute atomic E-state index is 0.246. The van der Waals surface area contributed by atoms with Gasteiger partial charge in [-0.2, -0.15) is 0 Å². The number of halogens is 1. The molecule has 0 unspecified atom stereocenters. The number of nitrogens with zero attached hydrogens (tertiary/aromatic N) is 1. The molecule has 0 saturated heterocycles. The van der Waals surface area contributed by atoms with E-state index in [1.54, 1.807) is 12.1 Å². The average molecular weight is 363 g/mol. The van der Waals surface area contributed by atoms with Gasteiger partial charge in [-0.1, -0.05) is 29.8 Å². The molecule has 0 aliphatic rings. The summed E-state index contributed by atoms with van der Waals surface area (Å²) in [5.41, 5.74) is 4.52. The highest BCUT2D eigenvalue weighted by molar-refractivity contribution is 6.34. The van der Waals surface area contributed by atoms with E-state index in [2.05, 4.69) is 10.3 Å². The Balaban J connectivity index is 1.55. The van der Waals surface area contributed by atoms with Crippen molar-refractivity contribution in [3.05, 3.63) is 82.9 Å². The van der Waals surface area contributed by atoms with Gasteiger partial charge in [0.15, 0.2) is 5.58 Å². The third-order valence-electron chi connectivity index (χ3n) is 4.05. The van der Waals surface area contributed by atoms with Crippen molar-refractivity contribution in [2.75, 3.05) is 5.32 Å². The van der Waals surface area contributed by atoms with E-state index >= 15 is 0 Å². The van der Waals surface area contributed by atoms with Gasteiger partial charge < -0.3 is 9.73 Å². The Morgan fingerprint density at radius 1 is 1.04 bits per heavy atom. The van der Waals surface area contributed by atoms with Crippen LogP contribution in [-0.2, 0) is 0 Å². The molecule has 0 spiro atoms. The number of carbonyl (C=O) groups is 1. The molecule has 5 heteroatoms. The second kappa shape index (κ2) is 6.65. The van der Waals surface area contributed by atoms with E-state index in [0.717, 1.165) is 22.2 Å². The molecule has 1 N–H and O–H groups in total. The van der Waals surface area contributed by atoms with Gasteiger partial charge in [0, 0.05) is 11.3 Å². The summed E-state index contributed by atoms with van der Waals surface area (Å²) in [5, 5.41) is 3.29. The summed E-state index contributed by atoms with van der Waals surface area (Å²) in [4.78, 5) is 16.9. The summed E-state index contributed by atoms with van der Waals surface area (Å²) in [5.74, 6) is 0.301. The topological polar surface area (TPSA) is 55.1 Å². The number of nitrogens with one attached hydrogen (secondary N) is 1. The second-order valence-corrected chi connectivity index (χ2v) is 6.41. The molecule has 3 aromatic carbocycles. The molecule has 1 amide bonds. The standard InChI is InChI=1S/C21H15ClN2O2/c1-13-6-11-16(17(22)12-13)20(25)23-15-9-7-14(8-10-15)21-24-18-4-2-3-5-19(18)26-21/h2-12H,1H3,(H,23,25). The molecule has 128 valence electrons. The summed E-state index contributed by atoms with van der Waals surface area (Å²) in [6.45, 7) is 1.93. The molecule has 1 heterocycles. The van der Waals surface area contributed by atoms with E-state index in [0.29, 0.717) is 22.2 Å². The third kappa shape index (κ3) is 3.19. The first-order valence-electron chi connectivity index (χ1n) is 8.14. The maximum Gasteiger partial charge on any atom is 0.257 e. The molecular weight excluding hydrogens is 348 g/mol. The van der Waals surface area contributed by atoms with Crippen LogP contribution in [0.2, 0.25) is 5.02 Å². The number of aromatic nitrogens is 1. The zero-order valence-electron chi connectivity index (χ0n) is 14.0. The van der Waals surface area contributed by atoms with Crippen LogP contribution in [0.5, 0.6) is 0 Å². The molecule has 4 aromatic rings. The molecule has 0 radical (unpaired) electrons. The number of benzene rings is 3. The fourth-order valence-electron chi connectivity index (χ4n) is 2.69. The Labute approximate surface area is 155 Å². The number of hydrogen-bond acceptors (Lipinski definition) is 3. The summed E-state index contributed by atoms with van der Waals surface area (Å²) in [6, 6.07) is 20.3. The van der Waals surface area contributed by atoms with Crippen LogP contribution in [0.4, 0.5) is 5.69 Å². The lowest BCUT2D eigenvalue weighted by atomic mass is 10.1. The second-order valence-electron chi connectivity index (χ2n) is 6.00. The van der Waals surface area contributed by atoms with Crippen molar-refractivity contribution in [1.82, 2.24) is 4.98 Å². The first-order valence-corrected chi connectivity index (χ1v) is 8.51. The fraction of sp³-hybridized carbons (Fsp3) is 0.0476. The zero-order chi connectivity index (χ0) is 18.1. The molecule has 0 atom stereocenters. The van der Waals surface area contributed by atoms with Gasteiger partial charge in [0.05, 0.1) is 10.6 Å². The smallest absolute Gasteiger partial charge is 0.257 e. The van der Waals surface area contributed by atoms with Crippen LogP contribution in [0.3, 0.4) is 0 Å². The number of oxazole rings is 1. The summed E-state index contributed by atoms with van der Waals surface area (Å²) in [6.07, 6.45) is 0. The van der Waals surface area contributed by atoms with Crippen molar-refractivity contribution < 1.29 is 9.21 Å². The molecule has 1 aromatic heterocycles. The Morgan fingerprint density at radius 3 is 2.54 bits per heavy atom. The molecule has 0 bridgehead atoms. The minimum atomic E-state index is -0.246. The van der Waals surface area contributed by atoms with Gasteiger partial charge in [0.25, 0.3) is 5.91 Å². The lowest BCUT2D eigenvalue weighted by Crippen LogP contribution is -2.12. The normalized spacial score (nSPS) is 10.8. The van der Waals surface area contributed by atoms with Gasteiger partial charge >= 0.3 is 0 Å². The molecule has 4 nitrogen and oxygen atoms in total. The molecule has 0 aliphatic heterocycles. The first-order chi connectivity index (χ1) is 12.6. The van der Waals surface area contributed by atoms with E-state index in [4.69, 9.17) is 16.0 Å². The molecule has 4 rings (SSSR count). The lowest BCUT2D eigenvalue weighted by Gasteiger charge is -2.08. The minimum Gasteiger partial charge on any atom is -0.436 e. The van der Waals surface area contributed by atoms with Crippen molar-refractivity contribution >= 4 is 34.3 Å². The largest absolute Gasteiger partial charge is 0.436 e. The number of aryl methyl sites for hydroxylation is 1. The number of fused-ring (bicyclic) bond motifs is 1. The molecule has 26 heavy (non-hydrogen) atoms. The predicted octanol–water partition coefficient (Wildman–Crippen LogP) is 5.71. The fourth-order valence-corrected chi connectivity index (χ4v) is 3.02. The van der Waals surface area contributed by atoms with Crippen LogP contribution < -0.4 is 5.32 Å². The number of anilines is 1. The van der Waals surface area contributed by atoms with E-state index in [1.807, 2.05) is 61.5 Å². The maximum atomic E-state index is 12.4. The van der Waals surface area contributed by atoms with Crippen LogP contribution in [0.1, 0.15) is 15.9 Å². The molecular formula is C21H15ClN2O2. The van der Waals surface area contributed by atoms with E-state index in [9.17, 15) is 4.79 Å². The van der Waals surface area contributed by atoms with Crippen LogP contribution in [0, 0.1) is 6.92 Å². The van der Waals surface area contributed by atoms with Crippen LogP contribution >= 0.6 is 11.6 Å². The molecule has 0 saturated carbocycles. The molecule has 0 fully saturated rings. The van der Waals surface area contributed by atoms with E-state index in [-0.39, 0.29) is 5.91 Å². The first kappa shape index (κ1) is 16.4. The SMILES string of the molecule is Cc1ccc(C(=O)Nc2ccc(-c3nc4ccccc4o3)cc2)c(Cl)c1. The van der Waals surface area contributed by atoms with Crippen molar-refractivity contribution in [2.24, 2.45) is 0 Å². The maximum absolute atomic E-state index is 12.4. The molecule has 0 aliphatic carbocycles. The number of para-hydroxylation sites is 2. The van der Waals surface area contributed by atoms with E-state index < -0.39 is 0 Å². The number of rotatable bonds is 3. The predicted molar refractivity (Wildman–Crippen MR) is 104 cm³/mol. The van der Waals surface area contributed by atoms with Gasteiger partial charge in [-0.25, -0.2) is 4.98 Å². The zero-order valence-corrected chi connectivity index (χ0v) is 14.7. The van der Waals surface area contributed by atoms with Gasteiger partial charge in [0.2, 0.25) is 5.89 Å². The van der Waals surface area contributed by atoms with Gasteiger partial charge in [-0.15, -0.1) is 0 Å². The van der Waals surface area contributed by atoms with Gasteiger partial charge in [-0.3, -0.25) is 4.79 Å². The van der Waals surface area contributed by atoms with Crippen LogP contribution in [0.25, 0.3) is 22.6 Å².